The Balaban J connectivity index is 0.00000180. The first-order valence-electron chi connectivity index (χ1n) is 6.58. The van der Waals surface area contributed by atoms with Crippen LogP contribution in [0, 0.1) is 5.92 Å². The molecule has 1 aromatic rings. The molecule has 7 heteroatoms. The number of halogens is 2. The molecule has 0 aromatic carbocycles. The third kappa shape index (κ3) is 4.58. The molecule has 2 N–H and O–H groups in total. The number of carbonyl (C=O) groups excluding carboxylic acids is 1. The van der Waals surface area contributed by atoms with Crippen LogP contribution in [0.4, 0.5) is 0 Å². The van der Waals surface area contributed by atoms with Gasteiger partial charge in [-0.3, -0.25) is 4.79 Å². The summed E-state index contributed by atoms with van der Waals surface area (Å²) in [6, 6.07) is 0. The zero-order valence-electron chi connectivity index (χ0n) is 11.8. The number of aromatic nitrogens is 1. The fourth-order valence-electron chi connectivity index (χ4n) is 2.25. The highest BCUT2D eigenvalue weighted by Gasteiger charge is 2.32. The van der Waals surface area contributed by atoms with Crippen LogP contribution in [-0.2, 0) is 10.3 Å². The maximum atomic E-state index is 12.3. The number of carbonyl (C=O) groups is 1. The topological polar surface area (TPSA) is 54.0 Å². The van der Waals surface area contributed by atoms with Crippen LogP contribution in [0.1, 0.15) is 38.1 Å². The third-order valence-corrected chi connectivity index (χ3v) is 4.76. The number of nitrogens with one attached hydrogen (secondary N) is 2. The molecule has 0 saturated carbocycles. The first kappa shape index (κ1) is 19.6. The molecule has 1 aromatic heterocycles. The van der Waals surface area contributed by atoms with E-state index in [9.17, 15) is 4.79 Å². The van der Waals surface area contributed by atoms with Crippen molar-refractivity contribution < 1.29 is 4.79 Å². The van der Waals surface area contributed by atoms with E-state index >= 15 is 0 Å². The highest BCUT2D eigenvalue weighted by molar-refractivity contribution is 7.09. The van der Waals surface area contributed by atoms with Gasteiger partial charge in [0.1, 0.15) is 5.01 Å². The van der Waals surface area contributed by atoms with E-state index < -0.39 is 0 Å². The Morgan fingerprint density at radius 2 is 2.15 bits per heavy atom. The molecule has 2 rings (SSSR count). The second-order valence-electron chi connectivity index (χ2n) is 5.04. The summed E-state index contributed by atoms with van der Waals surface area (Å²) in [5.74, 6) is 0.327. The minimum absolute atomic E-state index is 0. The van der Waals surface area contributed by atoms with Gasteiger partial charge in [-0.2, -0.15) is 0 Å². The summed E-state index contributed by atoms with van der Waals surface area (Å²) < 4.78 is 0. The minimum atomic E-state index is -0.323. The Labute approximate surface area is 137 Å². The first-order chi connectivity index (χ1) is 8.65. The minimum Gasteiger partial charge on any atom is -0.344 e. The van der Waals surface area contributed by atoms with E-state index in [1.165, 1.54) is 0 Å². The zero-order valence-corrected chi connectivity index (χ0v) is 14.3. The molecule has 0 radical (unpaired) electrons. The summed E-state index contributed by atoms with van der Waals surface area (Å²) >= 11 is 1.60. The molecule has 1 atom stereocenters. The van der Waals surface area contributed by atoms with Crippen LogP contribution in [0.5, 0.6) is 0 Å². The number of piperidine rings is 1. The van der Waals surface area contributed by atoms with Crippen LogP contribution in [0.25, 0.3) is 0 Å². The van der Waals surface area contributed by atoms with E-state index in [2.05, 4.69) is 29.5 Å². The van der Waals surface area contributed by atoms with Crippen molar-refractivity contribution in [1.29, 1.82) is 0 Å². The van der Waals surface area contributed by atoms with Crippen LogP contribution in [0.3, 0.4) is 0 Å². The maximum Gasteiger partial charge on any atom is 0.223 e. The molecule has 1 aliphatic heterocycles. The Hall–Kier alpha value is -0.360. The molecule has 1 aliphatic rings. The number of rotatable bonds is 4. The van der Waals surface area contributed by atoms with Gasteiger partial charge in [0.15, 0.2) is 0 Å². The van der Waals surface area contributed by atoms with Crippen LogP contribution in [0.15, 0.2) is 11.6 Å². The lowest BCUT2D eigenvalue weighted by Crippen LogP contribution is -2.47. The predicted octanol–water partition coefficient (Wildman–Crippen LogP) is 2.73. The number of hydrogen-bond donors (Lipinski definition) is 2. The average Bonchev–Trinajstić information content (AvgIpc) is 2.94. The summed E-state index contributed by atoms with van der Waals surface area (Å²) in [5.41, 5.74) is -0.323. The maximum absolute atomic E-state index is 12.3. The van der Waals surface area contributed by atoms with E-state index in [0.29, 0.717) is 0 Å². The van der Waals surface area contributed by atoms with E-state index in [0.717, 1.165) is 37.4 Å². The van der Waals surface area contributed by atoms with Gasteiger partial charge in [0.05, 0.1) is 5.54 Å². The van der Waals surface area contributed by atoms with Crippen LogP contribution in [0.2, 0.25) is 0 Å². The zero-order chi connectivity index (χ0) is 13.0. The molecule has 0 aliphatic carbocycles. The van der Waals surface area contributed by atoms with Crippen molar-refractivity contribution >= 4 is 42.1 Å². The van der Waals surface area contributed by atoms with Gasteiger partial charge >= 0.3 is 0 Å². The summed E-state index contributed by atoms with van der Waals surface area (Å²) in [7, 11) is 0. The van der Waals surface area contributed by atoms with Gasteiger partial charge in [0.2, 0.25) is 5.91 Å². The third-order valence-electron chi connectivity index (χ3n) is 3.72. The molecule has 1 fully saturated rings. The van der Waals surface area contributed by atoms with Crippen molar-refractivity contribution in [1.82, 2.24) is 15.6 Å². The largest absolute Gasteiger partial charge is 0.344 e. The van der Waals surface area contributed by atoms with E-state index in [1.807, 2.05) is 5.38 Å². The Morgan fingerprint density at radius 3 is 2.65 bits per heavy atom. The standard InChI is InChI=1S/C13H21N3OS.2ClH/c1-3-13(2,12-15-8-9-18-12)16-11(17)10-4-6-14-7-5-10;;/h8-10,14H,3-7H2,1-2H3,(H,16,17);2*1H. The Morgan fingerprint density at radius 1 is 1.50 bits per heavy atom. The fraction of sp³-hybridized carbons (Fsp3) is 0.692. The molecule has 116 valence electrons. The molecule has 0 bridgehead atoms. The van der Waals surface area contributed by atoms with Crippen LogP contribution < -0.4 is 10.6 Å². The van der Waals surface area contributed by atoms with Crippen molar-refractivity contribution in [2.75, 3.05) is 13.1 Å². The lowest BCUT2D eigenvalue weighted by molar-refractivity contribution is -0.127. The van der Waals surface area contributed by atoms with Crippen LogP contribution in [-0.4, -0.2) is 24.0 Å². The molecular formula is C13H23Cl2N3OS. The predicted molar refractivity (Wildman–Crippen MR) is 88.0 cm³/mol. The normalized spacial score (nSPS) is 18.3. The van der Waals surface area contributed by atoms with E-state index in [1.54, 1.807) is 17.5 Å². The van der Waals surface area contributed by atoms with Gasteiger partial charge in [0.25, 0.3) is 0 Å². The summed E-state index contributed by atoms with van der Waals surface area (Å²) in [6.45, 7) is 6.03. The van der Waals surface area contributed by atoms with Gasteiger partial charge in [-0.25, -0.2) is 4.98 Å². The summed E-state index contributed by atoms with van der Waals surface area (Å²) in [5, 5.41) is 9.43. The molecular weight excluding hydrogens is 317 g/mol. The quantitative estimate of drug-likeness (QED) is 0.886. The molecule has 1 amide bonds. The molecule has 4 nitrogen and oxygen atoms in total. The smallest absolute Gasteiger partial charge is 0.223 e. The molecule has 1 unspecified atom stereocenters. The number of amides is 1. The van der Waals surface area contributed by atoms with Gasteiger partial charge in [-0.05, 0) is 39.3 Å². The fourth-order valence-corrected chi connectivity index (χ4v) is 3.07. The van der Waals surface area contributed by atoms with Crippen LogP contribution >= 0.6 is 36.2 Å². The van der Waals surface area contributed by atoms with Gasteiger partial charge in [-0.15, -0.1) is 36.2 Å². The first-order valence-corrected chi connectivity index (χ1v) is 7.46. The molecule has 1 saturated heterocycles. The number of hydrogen-bond acceptors (Lipinski definition) is 4. The summed E-state index contributed by atoms with van der Waals surface area (Å²) in [6.07, 6.45) is 4.52. The highest BCUT2D eigenvalue weighted by Crippen LogP contribution is 2.27. The van der Waals surface area contributed by atoms with Crippen molar-refractivity contribution in [3.05, 3.63) is 16.6 Å². The van der Waals surface area contributed by atoms with Crippen molar-refractivity contribution in [2.24, 2.45) is 5.92 Å². The highest BCUT2D eigenvalue weighted by atomic mass is 35.5. The van der Waals surface area contributed by atoms with Gasteiger partial charge in [0, 0.05) is 17.5 Å². The van der Waals surface area contributed by atoms with Gasteiger partial charge in [-0.1, -0.05) is 6.92 Å². The van der Waals surface area contributed by atoms with Crippen molar-refractivity contribution in [2.45, 2.75) is 38.6 Å². The lowest BCUT2D eigenvalue weighted by Gasteiger charge is -2.31. The Bertz CT molecular complexity index is 396. The van der Waals surface area contributed by atoms with E-state index in [4.69, 9.17) is 0 Å². The SMILES string of the molecule is CCC(C)(NC(=O)C1CCNCC1)c1nccs1.Cl.Cl. The molecule has 0 spiro atoms. The number of thiazole rings is 1. The summed E-state index contributed by atoms with van der Waals surface area (Å²) in [4.78, 5) is 16.7. The average molecular weight is 340 g/mol. The lowest BCUT2D eigenvalue weighted by atomic mass is 9.93. The number of nitrogens with zero attached hydrogens (tertiary/aromatic N) is 1. The monoisotopic (exact) mass is 339 g/mol. The van der Waals surface area contributed by atoms with Crippen molar-refractivity contribution in [3.63, 3.8) is 0 Å². The second kappa shape index (κ2) is 8.82. The molecule has 2 heterocycles. The van der Waals surface area contributed by atoms with Crippen molar-refractivity contribution in [3.8, 4) is 0 Å². The van der Waals surface area contributed by atoms with Gasteiger partial charge < -0.3 is 10.6 Å². The molecule has 20 heavy (non-hydrogen) atoms. The van der Waals surface area contributed by atoms with E-state index in [-0.39, 0.29) is 42.2 Å². The Kier molecular flexibility index (Phi) is 8.66. The second-order valence-corrected chi connectivity index (χ2v) is 5.93.